The van der Waals surface area contributed by atoms with Gasteiger partial charge in [0.25, 0.3) is 0 Å². The molecule has 0 fully saturated rings. The molecule has 0 heterocycles. The van der Waals surface area contributed by atoms with Crippen molar-refractivity contribution < 1.29 is 9.59 Å². The number of carbonyl (C=O) groups excluding carboxylic acids is 2. The van der Waals surface area contributed by atoms with Gasteiger partial charge in [0.1, 0.15) is 0 Å². The van der Waals surface area contributed by atoms with E-state index in [0.29, 0.717) is 18.8 Å². The van der Waals surface area contributed by atoms with Gasteiger partial charge in [0.05, 0.1) is 0 Å². The van der Waals surface area contributed by atoms with Gasteiger partial charge in [-0.1, -0.05) is 59.3 Å². The SMILES string of the molecule is CCCCCNC(=O)CCCCCCCCNC(=O)CC(C)C. The summed E-state index contributed by atoms with van der Waals surface area (Å²) in [6.07, 6.45) is 11.5. The molecule has 4 heteroatoms. The highest BCUT2D eigenvalue weighted by Crippen LogP contribution is 2.07. The zero-order valence-electron chi connectivity index (χ0n) is 15.6. The molecule has 2 amide bonds. The lowest BCUT2D eigenvalue weighted by Gasteiger charge is -2.07. The molecular weight excluding hydrogens is 288 g/mol. The Kier molecular flexibility index (Phi) is 15.1. The minimum atomic E-state index is 0.171. The number of amides is 2. The molecular formula is C19H38N2O2. The number of unbranched alkanes of at least 4 members (excludes halogenated alkanes) is 7. The maximum atomic E-state index is 11.6. The van der Waals surface area contributed by atoms with Crippen LogP contribution < -0.4 is 10.6 Å². The van der Waals surface area contributed by atoms with Crippen molar-refractivity contribution in [1.29, 1.82) is 0 Å². The fourth-order valence-electron chi connectivity index (χ4n) is 2.48. The first-order valence-electron chi connectivity index (χ1n) is 9.59. The van der Waals surface area contributed by atoms with Gasteiger partial charge in [0.15, 0.2) is 0 Å². The van der Waals surface area contributed by atoms with Gasteiger partial charge >= 0.3 is 0 Å². The molecule has 23 heavy (non-hydrogen) atoms. The van der Waals surface area contributed by atoms with Gasteiger partial charge in [0, 0.05) is 25.9 Å². The predicted octanol–water partition coefficient (Wildman–Crippen LogP) is 4.19. The van der Waals surface area contributed by atoms with Crippen molar-refractivity contribution in [2.24, 2.45) is 5.92 Å². The molecule has 0 aliphatic rings. The monoisotopic (exact) mass is 326 g/mol. The molecule has 0 aromatic heterocycles. The summed E-state index contributed by atoms with van der Waals surface area (Å²) in [4.78, 5) is 23.0. The third-order valence-electron chi connectivity index (χ3n) is 3.85. The van der Waals surface area contributed by atoms with Crippen molar-refractivity contribution in [3.63, 3.8) is 0 Å². The largest absolute Gasteiger partial charge is 0.356 e. The number of hydrogen-bond donors (Lipinski definition) is 2. The van der Waals surface area contributed by atoms with E-state index in [1.165, 1.54) is 25.7 Å². The van der Waals surface area contributed by atoms with Crippen molar-refractivity contribution >= 4 is 11.8 Å². The molecule has 0 aliphatic heterocycles. The first-order valence-corrected chi connectivity index (χ1v) is 9.59. The van der Waals surface area contributed by atoms with E-state index in [9.17, 15) is 9.59 Å². The zero-order valence-corrected chi connectivity index (χ0v) is 15.6. The van der Waals surface area contributed by atoms with Crippen molar-refractivity contribution in [1.82, 2.24) is 10.6 Å². The molecule has 0 rings (SSSR count). The molecule has 0 aromatic carbocycles. The summed E-state index contributed by atoms with van der Waals surface area (Å²) in [5.41, 5.74) is 0. The Morgan fingerprint density at radius 2 is 1.26 bits per heavy atom. The maximum absolute atomic E-state index is 11.6. The quantitative estimate of drug-likeness (QED) is 0.443. The molecule has 0 radical (unpaired) electrons. The van der Waals surface area contributed by atoms with Crippen molar-refractivity contribution in [2.45, 2.75) is 91.4 Å². The van der Waals surface area contributed by atoms with E-state index in [4.69, 9.17) is 0 Å². The summed E-state index contributed by atoms with van der Waals surface area (Å²) in [6, 6.07) is 0. The number of rotatable bonds is 15. The lowest BCUT2D eigenvalue weighted by Crippen LogP contribution is -2.25. The van der Waals surface area contributed by atoms with Crippen LogP contribution in [0.4, 0.5) is 0 Å². The van der Waals surface area contributed by atoms with Crippen LogP contribution in [0.15, 0.2) is 0 Å². The van der Waals surface area contributed by atoms with Crippen LogP contribution in [0.1, 0.15) is 91.4 Å². The van der Waals surface area contributed by atoms with Crippen LogP contribution in [-0.2, 0) is 9.59 Å². The fourth-order valence-corrected chi connectivity index (χ4v) is 2.48. The summed E-state index contributed by atoms with van der Waals surface area (Å²) in [7, 11) is 0. The minimum Gasteiger partial charge on any atom is -0.356 e. The second-order valence-electron chi connectivity index (χ2n) is 6.88. The summed E-state index contributed by atoms with van der Waals surface area (Å²) >= 11 is 0. The van der Waals surface area contributed by atoms with E-state index in [1.54, 1.807) is 0 Å². The van der Waals surface area contributed by atoms with E-state index < -0.39 is 0 Å². The zero-order chi connectivity index (χ0) is 17.3. The Labute approximate surface area is 143 Å². The molecule has 136 valence electrons. The van der Waals surface area contributed by atoms with Crippen molar-refractivity contribution in [3.8, 4) is 0 Å². The number of carbonyl (C=O) groups is 2. The molecule has 0 aliphatic carbocycles. The van der Waals surface area contributed by atoms with Gasteiger partial charge in [-0.2, -0.15) is 0 Å². The highest BCUT2D eigenvalue weighted by molar-refractivity contribution is 5.76. The molecule has 0 saturated carbocycles. The van der Waals surface area contributed by atoms with Crippen LogP contribution in [0, 0.1) is 5.92 Å². The third kappa shape index (κ3) is 17.1. The molecule has 0 bridgehead atoms. The standard InChI is InChI=1S/C19H38N2O2/c1-4-5-11-14-20-18(22)13-10-8-6-7-9-12-15-21-19(23)16-17(2)3/h17H,4-16H2,1-3H3,(H,20,22)(H,21,23). The van der Waals surface area contributed by atoms with Gasteiger partial charge < -0.3 is 10.6 Å². The molecule has 0 unspecified atom stereocenters. The molecule has 0 saturated heterocycles. The second kappa shape index (κ2) is 15.8. The summed E-state index contributed by atoms with van der Waals surface area (Å²) in [6.45, 7) is 7.92. The highest BCUT2D eigenvalue weighted by atomic mass is 16.2. The average Bonchev–Trinajstić information content (AvgIpc) is 2.49. The Bertz CT molecular complexity index is 304. The minimum absolute atomic E-state index is 0.171. The van der Waals surface area contributed by atoms with Crippen LogP contribution in [0.5, 0.6) is 0 Å². The lowest BCUT2D eigenvalue weighted by atomic mass is 10.1. The van der Waals surface area contributed by atoms with E-state index >= 15 is 0 Å². The normalized spacial score (nSPS) is 10.8. The Morgan fingerprint density at radius 3 is 1.87 bits per heavy atom. The van der Waals surface area contributed by atoms with E-state index in [-0.39, 0.29) is 11.8 Å². The maximum Gasteiger partial charge on any atom is 0.220 e. The number of hydrogen-bond acceptors (Lipinski definition) is 2. The van der Waals surface area contributed by atoms with E-state index in [2.05, 4.69) is 31.4 Å². The first kappa shape index (κ1) is 21.9. The van der Waals surface area contributed by atoms with Crippen LogP contribution in [0.3, 0.4) is 0 Å². The highest BCUT2D eigenvalue weighted by Gasteiger charge is 2.03. The smallest absolute Gasteiger partial charge is 0.220 e. The van der Waals surface area contributed by atoms with Gasteiger partial charge in [-0.15, -0.1) is 0 Å². The molecule has 0 spiro atoms. The summed E-state index contributed by atoms with van der Waals surface area (Å²) in [5.74, 6) is 0.803. The summed E-state index contributed by atoms with van der Waals surface area (Å²) in [5, 5.41) is 5.95. The second-order valence-corrected chi connectivity index (χ2v) is 6.88. The number of nitrogens with one attached hydrogen (secondary N) is 2. The van der Waals surface area contributed by atoms with Gasteiger partial charge in [-0.25, -0.2) is 0 Å². The topological polar surface area (TPSA) is 58.2 Å². The Hall–Kier alpha value is -1.06. The van der Waals surface area contributed by atoms with Crippen molar-refractivity contribution in [2.75, 3.05) is 13.1 Å². The predicted molar refractivity (Wildman–Crippen MR) is 97.3 cm³/mol. The van der Waals surface area contributed by atoms with Gasteiger partial charge in [0.2, 0.25) is 11.8 Å². The van der Waals surface area contributed by atoms with Crippen LogP contribution >= 0.6 is 0 Å². The Balaban J connectivity index is 3.24. The molecule has 0 aromatic rings. The third-order valence-corrected chi connectivity index (χ3v) is 3.85. The molecule has 0 atom stereocenters. The fraction of sp³-hybridized carbons (Fsp3) is 0.895. The average molecular weight is 327 g/mol. The molecule has 4 nitrogen and oxygen atoms in total. The van der Waals surface area contributed by atoms with E-state index in [1.807, 2.05) is 0 Å². The van der Waals surface area contributed by atoms with Crippen LogP contribution in [0.2, 0.25) is 0 Å². The van der Waals surface area contributed by atoms with Gasteiger partial charge in [-0.05, 0) is 25.2 Å². The van der Waals surface area contributed by atoms with Gasteiger partial charge in [-0.3, -0.25) is 9.59 Å². The van der Waals surface area contributed by atoms with E-state index in [0.717, 1.165) is 45.2 Å². The Morgan fingerprint density at radius 1 is 0.739 bits per heavy atom. The molecule has 2 N–H and O–H groups in total. The summed E-state index contributed by atoms with van der Waals surface area (Å²) < 4.78 is 0. The van der Waals surface area contributed by atoms with Crippen LogP contribution in [-0.4, -0.2) is 24.9 Å². The lowest BCUT2D eigenvalue weighted by molar-refractivity contribution is -0.122. The van der Waals surface area contributed by atoms with Crippen LogP contribution in [0.25, 0.3) is 0 Å². The first-order chi connectivity index (χ1) is 11.1. The van der Waals surface area contributed by atoms with Crippen molar-refractivity contribution in [3.05, 3.63) is 0 Å².